The first-order valence-electron chi connectivity index (χ1n) is 8.97. The molecule has 2 aromatic rings. The van der Waals surface area contributed by atoms with Crippen molar-refractivity contribution in [3.63, 3.8) is 0 Å². The van der Waals surface area contributed by atoms with E-state index in [1.807, 2.05) is 16.8 Å². The standard InChI is InChI=1S/C19H28N4O2/c1-22-12-6-4-5-7-17(22)19-20-18(14-24-2)21-23(19)13-15-8-10-16(25-3)11-9-15/h8-11,17H,4-7,12-14H2,1-3H3. The highest BCUT2D eigenvalue weighted by molar-refractivity contribution is 5.27. The topological polar surface area (TPSA) is 52.4 Å². The average Bonchev–Trinajstić information content (AvgIpc) is 2.87. The summed E-state index contributed by atoms with van der Waals surface area (Å²) in [6, 6.07) is 8.45. The smallest absolute Gasteiger partial charge is 0.176 e. The minimum absolute atomic E-state index is 0.318. The summed E-state index contributed by atoms with van der Waals surface area (Å²) in [6.07, 6.45) is 4.91. The molecule has 0 spiro atoms. The molecular weight excluding hydrogens is 316 g/mol. The zero-order chi connectivity index (χ0) is 17.6. The van der Waals surface area contributed by atoms with E-state index in [9.17, 15) is 0 Å². The summed E-state index contributed by atoms with van der Waals surface area (Å²) < 4.78 is 12.5. The Morgan fingerprint density at radius 1 is 1.12 bits per heavy atom. The molecule has 0 aliphatic carbocycles. The minimum Gasteiger partial charge on any atom is -0.497 e. The maximum absolute atomic E-state index is 5.25. The zero-order valence-corrected chi connectivity index (χ0v) is 15.4. The van der Waals surface area contributed by atoms with Crippen LogP contribution in [-0.4, -0.2) is 47.5 Å². The second-order valence-corrected chi connectivity index (χ2v) is 6.67. The van der Waals surface area contributed by atoms with Crippen molar-refractivity contribution < 1.29 is 9.47 Å². The molecule has 0 saturated carbocycles. The van der Waals surface area contributed by atoms with Gasteiger partial charge in [-0.3, -0.25) is 4.90 Å². The summed E-state index contributed by atoms with van der Waals surface area (Å²) in [5, 5.41) is 4.70. The van der Waals surface area contributed by atoms with Crippen molar-refractivity contribution in [2.24, 2.45) is 0 Å². The van der Waals surface area contributed by atoms with Gasteiger partial charge in [-0.2, -0.15) is 5.10 Å². The van der Waals surface area contributed by atoms with E-state index >= 15 is 0 Å². The van der Waals surface area contributed by atoms with Crippen LogP contribution in [0.4, 0.5) is 0 Å². The van der Waals surface area contributed by atoms with Crippen LogP contribution < -0.4 is 4.74 Å². The molecule has 1 fully saturated rings. The molecule has 0 amide bonds. The largest absolute Gasteiger partial charge is 0.497 e. The monoisotopic (exact) mass is 344 g/mol. The van der Waals surface area contributed by atoms with E-state index in [-0.39, 0.29) is 0 Å². The Morgan fingerprint density at radius 2 is 1.92 bits per heavy atom. The van der Waals surface area contributed by atoms with Crippen molar-refractivity contribution >= 4 is 0 Å². The SMILES string of the molecule is COCc1nc(C2CCCCCN2C)n(Cc2ccc(OC)cc2)n1. The van der Waals surface area contributed by atoms with E-state index in [0.717, 1.165) is 30.4 Å². The number of hydrogen-bond donors (Lipinski definition) is 0. The van der Waals surface area contributed by atoms with E-state index in [2.05, 4.69) is 24.1 Å². The first kappa shape index (κ1) is 17.9. The lowest BCUT2D eigenvalue weighted by Gasteiger charge is -2.25. The fourth-order valence-corrected chi connectivity index (χ4v) is 3.44. The fraction of sp³-hybridized carbons (Fsp3) is 0.579. The van der Waals surface area contributed by atoms with Crippen LogP contribution in [0, 0.1) is 0 Å². The van der Waals surface area contributed by atoms with Crippen molar-refractivity contribution in [1.82, 2.24) is 19.7 Å². The summed E-state index contributed by atoms with van der Waals surface area (Å²) in [4.78, 5) is 7.22. The quantitative estimate of drug-likeness (QED) is 0.806. The van der Waals surface area contributed by atoms with Crippen LogP contribution in [0.15, 0.2) is 24.3 Å². The Balaban J connectivity index is 1.87. The van der Waals surface area contributed by atoms with Crippen molar-refractivity contribution in [2.75, 3.05) is 27.8 Å². The molecule has 0 N–H and O–H groups in total. The predicted octanol–water partition coefficient (Wildman–Crippen LogP) is 3.03. The van der Waals surface area contributed by atoms with E-state index in [1.54, 1.807) is 14.2 Å². The molecule has 2 heterocycles. The molecule has 1 aliphatic rings. The van der Waals surface area contributed by atoms with Crippen molar-refractivity contribution in [2.45, 2.75) is 44.9 Å². The van der Waals surface area contributed by atoms with Gasteiger partial charge < -0.3 is 9.47 Å². The highest BCUT2D eigenvalue weighted by Crippen LogP contribution is 2.28. The molecule has 0 radical (unpaired) electrons. The Morgan fingerprint density at radius 3 is 2.64 bits per heavy atom. The molecule has 1 aromatic carbocycles. The third-order valence-electron chi connectivity index (χ3n) is 4.83. The van der Waals surface area contributed by atoms with Gasteiger partial charge in [-0.25, -0.2) is 9.67 Å². The molecule has 136 valence electrons. The number of likely N-dealkylation sites (tertiary alicyclic amines) is 1. The minimum atomic E-state index is 0.318. The summed E-state index contributed by atoms with van der Waals surface area (Å²) in [5.74, 6) is 2.67. The third kappa shape index (κ3) is 4.38. The Bertz CT molecular complexity index is 669. The zero-order valence-electron chi connectivity index (χ0n) is 15.4. The molecule has 6 nitrogen and oxygen atoms in total. The summed E-state index contributed by atoms with van der Waals surface area (Å²) >= 11 is 0. The Hall–Kier alpha value is -1.92. The number of benzene rings is 1. The lowest BCUT2D eigenvalue weighted by molar-refractivity contribution is 0.177. The molecule has 1 unspecified atom stereocenters. The van der Waals surface area contributed by atoms with Crippen molar-refractivity contribution in [3.8, 4) is 5.75 Å². The van der Waals surface area contributed by atoms with Crippen LogP contribution in [0.5, 0.6) is 5.75 Å². The van der Waals surface area contributed by atoms with Gasteiger partial charge in [0.25, 0.3) is 0 Å². The molecule has 1 aliphatic heterocycles. The van der Waals surface area contributed by atoms with Gasteiger partial charge in [0.05, 0.1) is 19.7 Å². The fourth-order valence-electron chi connectivity index (χ4n) is 3.44. The van der Waals surface area contributed by atoms with Crippen molar-refractivity contribution in [1.29, 1.82) is 0 Å². The molecule has 3 rings (SSSR count). The van der Waals surface area contributed by atoms with Crippen LogP contribution in [0.25, 0.3) is 0 Å². The second kappa shape index (κ2) is 8.45. The number of hydrogen-bond acceptors (Lipinski definition) is 5. The number of methoxy groups -OCH3 is 2. The highest BCUT2D eigenvalue weighted by atomic mass is 16.5. The predicted molar refractivity (Wildman–Crippen MR) is 96.7 cm³/mol. The molecule has 1 atom stereocenters. The van der Waals surface area contributed by atoms with E-state index in [1.165, 1.54) is 24.8 Å². The van der Waals surface area contributed by atoms with Gasteiger partial charge in [0.1, 0.15) is 18.2 Å². The lowest BCUT2D eigenvalue weighted by atomic mass is 10.1. The summed E-state index contributed by atoms with van der Waals surface area (Å²) in [5.41, 5.74) is 1.19. The molecule has 0 bridgehead atoms. The van der Waals surface area contributed by atoms with E-state index in [4.69, 9.17) is 19.6 Å². The number of ether oxygens (including phenoxy) is 2. The maximum Gasteiger partial charge on any atom is 0.176 e. The lowest BCUT2D eigenvalue weighted by Crippen LogP contribution is -2.27. The molecule has 1 saturated heterocycles. The van der Waals surface area contributed by atoms with Crippen LogP contribution in [0.1, 0.15) is 48.9 Å². The van der Waals surface area contributed by atoms with Crippen LogP contribution >= 0.6 is 0 Å². The first-order valence-corrected chi connectivity index (χ1v) is 8.97. The van der Waals surface area contributed by atoms with Gasteiger partial charge in [0.2, 0.25) is 0 Å². The maximum atomic E-state index is 5.25. The number of nitrogens with zero attached hydrogens (tertiary/aromatic N) is 4. The molecule has 1 aromatic heterocycles. The van der Waals surface area contributed by atoms with Gasteiger partial charge in [0, 0.05) is 7.11 Å². The average molecular weight is 344 g/mol. The van der Waals surface area contributed by atoms with Crippen LogP contribution in [0.2, 0.25) is 0 Å². The van der Waals surface area contributed by atoms with Gasteiger partial charge in [-0.1, -0.05) is 25.0 Å². The molecule has 25 heavy (non-hydrogen) atoms. The summed E-state index contributed by atoms with van der Waals surface area (Å²) in [6.45, 7) is 2.26. The Kier molecular flexibility index (Phi) is 6.04. The van der Waals surface area contributed by atoms with Gasteiger partial charge >= 0.3 is 0 Å². The van der Waals surface area contributed by atoms with Gasteiger partial charge in [-0.05, 0) is 44.1 Å². The molecule has 6 heteroatoms. The number of aromatic nitrogens is 3. The first-order chi connectivity index (χ1) is 12.2. The van der Waals surface area contributed by atoms with Crippen molar-refractivity contribution in [3.05, 3.63) is 41.5 Å². The van der Waals surface area contributed by atoms with E-state index < -0.39 is 0 Å². The van der Waals surface area contributed by atoms with E-state index in [0.29, 0.717) is 19.2 Å². The second-order valence-electron chi connectivity index (χ2n) is 6.67. The Labute approximate surface area is 149 Å². The van der Waals surface area contributed by atoms with Gasteiger partial charge in [0.15, 0.2) is 5.82 Å². The van der Waals surface area contributed by atoms with Crippen LogP contribution in [-0.2, 0) is 17.9 Å². The highest BCUT2D eigenvalue weighted by Gasteiger charge is 2.25. The summed E-state index contributed by atoms with van der Waals surface area (Å²) in [7, 11) is 5.56. The third-order valence-corrected chi connectivity index (χ3v) is 4.83. The normalized spacial score (nSPS) is 18.9. The van der Waals surface area contributed by atoms with Gasteiger partial charge in [-0.15, -0.1) is 0 Å². The molecular formula is C19H28N4O2. The van der Waals surface area contributed by atoms with Crippen LogP contribution in [0.3, 0.4) is 0 Å². The number of rotatable bonds is 6.